The van der Waals surface area contributed by atoms with Crippen molar-refractivity contribution in [2.45, 2.75) is 39.7 Å². The highest BCUT2D eigenvalue weighted by Crippen LogP contribution is 2.20. The fourth-order valence-electron chi connectivity index (χ4n) is 2.46. The van der Waals surface area contributed by atoms with Crippen molar-refractivity contribution in [2.75, 3.05) is 5.32 Å². The Hall–Kier alpha value is -3.22. The van der Waals surface area contributed by atoms with Gasteiger partial charge in [0.15, 0.2) is 6.10 Å². The normalized spacial score (nSPS) is 11.7. The van der Waals surface area contributed by atoms with E-state index in [4.69, 9.17) is 4.74 Å². The number of carbonyl (C=O) groups excluding carboxylic acids is 2. The van der Waals surface area contributed by atoms with Gasteiger partial charge in [-0.1, -0.05) is 26.0 Å². The van der Waals surface area contributed by atoms with Gasteiger partial charge in [0, 0.05) is 17.3 Å². The second-order valence-corrected chi connectivity index (χ2v) is 6.57. The van der Waals surface area contributed by atoms with Crippen molar-refractivity contribution in [2.24, 2.45) is 0 Å². The second kappa shape index (κ2) is 8.44. The molecular formula is C20H22N2O5. The first-order valence-electron chi connectivity index (χ1n) is 8.56. The van der Waals surface area contributed by atoms with Gasteiger partial charge in [-0.2, -0.15) is 0 Å². The Morgan fingerprint density at radius 3 is 2.22 bits per heavy atom. The number of aryl methyl sites for hydroxylation is 1. The van der Waals surface area contributed by atoms with Gasteiger partial charge in [0.2, 0.25) is 0 Å². The monoisotopic (exact) mass is 370 g/mol. The molecule has 0 saturated heterocycles. The molecule has 0 aliphatic rings. The first-order valence-corrected chi connectivity index (χ1v) is 8.56. The average molecular weight is 370 g/mol. The summed E-state index contributed by atoms with van der Waals surface area (Å²) < 4.78 is 5.17. The molecule has 2 aromatic rings. The number of ether oxygens (including phenoxy) is 1. The predicted octanol–water partition coefficient (Wildman–Crippen LogP) is 4.21. The van der Waals surface area contributed by atoms with Gasteiger partial charge in [-0.05, 0) is 49.6 Å². The fraction of sp³-hybridized carbons (Fsp3) is 0.300. The number of rotatable bonds is 6. The van der Waals surface area contributed by atoms with Crippen LogP contribution in [0.15, 0.2) is 42.5 Å². The number of esters is 1. The molecule has 2 aromatic carbocycles. The number of hydrogen-bond acceptors (Lipinski definition) is 5. The quantitative estimate of drug-likeness (QED) is 0.466. The number of anilines is 1. The zero-order valence-electron chi connectivity index (χ0n) is 15.7. The number of nitrogens with one attached hydrogen (secondary N) is 1. The van der Waals surface area contributed by atoms with Crippen LogP contribution in [0, 0.1) is 17.0 Å². The van der Waals surface area contributed by atoms with Crippen LogP contribution < -0.4 is 5.32 Å². The largest absolute Gasteiger partial charge is 0.449 e. The van der Waals surface area contributed by atoms with E-state index in [1.54, 1.807) is 12.1 Å². The zero-order chi connectivity index (χ0) is 20.1. The molecule has 7 nitrogen and oxygen atoms in total. The van der Waals surface area contributed by atoms with Crippen LogP contribution in [0.1, 0.15) is 48.2 Å². The Morgan fingerprint density at radius 1 is 1.07 bits per heavy atom. The molecule has 0 fully saturated rings. The van der Waals surface area contributed by atoms with E-state index >= 15 is 0 Å². The predicted molar refractivity (Wildman–Crippen MR) is 102 cm³/mol. The van der Waals surface area contributed by atoms with E-state index in [2.05, 4.69) is 19.2 Å². The zero-order valence-corrected chi connectivity index (χ0v) is 15.7. The lowest BCUT2D eigenvalue weighted by Crippen LogP contribution is -2.30. The summed E-state index contributed by atoms with van der Waals surface area (Å²) in [4.78, 5) is 34.7. The molecule has 7 heteroatoms. The number of benzene rings is 2. The highest BCUT2D eigenvalue weighted by Gasteiger charge is 2.21. The van der Waals surface area contributed by atoms with E-state index in [-0.39, 0.29) is 11.3 Å². The lowest BCUT2D eigenvalue weighted by Gasteiger charge is -2.14. The number of nitrogens with zero attached hydrogens (tertiary/aromatic N) is 1. The third-order valence-electron chi connectivity index (χ3n) is 4.13. The van der Waals surface area contributed by atoms with Crippen molar-refractivity contribution in [3.63, 3.8) is 0 Å². The molecule has 0 spiro atoms. The molecule has 0 unspecified atom stereocenters. The Morgan fingerprint density at radius 2 is 1.70 bits per heavy atom. The van der Waals surface area contributed by atoms with Crippen LogP contribution in [0.25, 0.3) is 0 Å². The van der Waals surface area contributed by atoms with Crippen LogP contribution in [-0.4, -0.2) is 22.9 Å². The Kier molecular flexibility index (Phi) is 6.28. The number of nitro groups is 1. The summed E-state index contributed by atoms with van der Waals surface area (Å²) in [5.41, 5.74) is 2.18. The van der Waals surface area contributed by atoms with Gasteiger partial charge in [-0.15, -0.1) is 0 Å². The average Bonchev–Trinajstić information content (AvgIpc) is 2.61. The van der Waals surface area contributed by atoms with Crippen molar-refractivity contribution in [3.05, 3.63) is 69.3 Å². The summed E-state index contributed by atoms with van der Waals surface area (Å²) in [6.45, 7) is 7.16. The lowest BCUT2D eigenvalue weighted by molar-refractivity contribution is -0.385. The van der Waals surface area contributed by atoms with Gasteiger partial charge in [0.1, 0.15) is 0 Å². The molecule has 0 aliphatic heterocycles. The standard InChI is InChI=1S/C20H22N2O5/c1-12(2)15-5-8-17(9-6-15)21-19(23)14(4)27-20(24)16-7-10-18(22(25)26)13(3)11-16/h5-12,14H,1-4H3,(H,21,23)/t14-/m1/s1. The van der Waals surface area contributed by atoms with Gasteiger partial charge < -0.3 is 10.1 Å². The first kappa shape index (κ1) is 20.1. The SMILES string of the molecule is Cc1cc(C(=O)O[C@H](C)C(=O)Nc2ccc(C(C)C)cc2)ccc1[N+](=O)[O-]. The molecule has 0 aromatic heterocycles. The molecule has 2 rings (SSSR count). The number of nitro benzene ring substituents is 1. The van der Waals surface area contributed by atoms with Crippen molar-refractivity contribution in [1.29, 1.82) is 0 Å². The van der Waals surface area contributed by atoms with E-state index < -0.39 is 22.9 Å². The van der Waals surface area contributed by atoms with Gasteiger partial charge in [0.25, 0.3) is 11.6 Å². The van der Waals surface area contributed by atoms with Crippen molar-refractivity contribution < 1.29 is 19.2 Å². The third kappa shape index (κ3) is 5.13. The van der Waals surface area contributed by atoms with Crippen LogP contribution in [0.5, 0.6) is 0 Å². The molecular weight excluding hydrogens is 348 g/mol. The molecule has 0 saturated carbocycles. The smallest absolute Gasteiger partial charge is 0.338 e. The minimum Gasteiger partial charge on any atom is -0.449 e. The number of hydrogen-bond donors (Lipinski definition) is 1. The second-order valence-electron chi connectivity index (χ2n) is 6.57. The molecule has 1 atom stereocenters. The Balaban J connectivity index is 2.00. The van der Waals surface area contributed by atoms with Gasteiger partial charge in [-0.25, -0.2) is 4.79 Å². The van der Waals surface area contributed by atoms with Crippen LogP contribution in [0.4, 0.5) is 11.4 Å². The summed E-state index contributed by atoms with van der Waals surface area (Å²) in [5.74, 6) is -0.787. The third-order valence-corrected chi connectivity index (χ3v) is 4.13. The summed E-state index contributed by atoms with van der Waals surface area (Å²) in [7, 11) is 0. The summed E-state index contributed by atoms with van der Waals surface area (Å²) in [6, 6.07) is 11.4. The molecule has 0 bridgehead atoms. The number of amides is 1. The van der Waals surface area contributed by atoms with Gasteiger partial charge in [-0.3, -0.25) is 14.9 Å². The fourth-order valence-corrected chi connectivity index (χ4v) is 2.46. The van der Waals surface area contributed by atoms with Crippen molar-refractivity contribution in [3.8, 4) is 0 Å². The highest BCUT2D eigenvalue weighted by molar-refractivity contribution is 5.97. The van der Waals surface area contributed by atoms with Crippen molar-refractivity contribution in [1.82, 2.24) is 0 Å². The topological polar surface area (TPSA) is 98.5 Å². The van der Waals surface area contributed by atoms with Crippen molar-refractivity contribution >= 4 is 23.3 Å². The van der Waals surface area contributed by atoms with E-state index in [1.807, 2.05) is 12.1 Å². The molecule has 0 radical (unpaired) electrons. The number of carbonyl (C=O) groups is 2. The maximum absolute atomic E-state index is 12.2. The molecule has 27 heavy (non-hydrogen) atoms. The lowest BCUT2D eigenvalue weighted by atomic mass is 10.0. The van der Waals surface area contributed by atoms with Crippen LogP contribution >= 0.6 is 0 Å². The molecule has 1 N–H and O–H groups in total. The van der Waals surface area contributed by atoms with E-state index in [1.165, 1.54) is 32.0 Å². The van der Waals surface area contributed by atoms with E-state index in [0.29, 0.717) is 17.2 Å². The van der Waals surface area contributed by atoms with Crippen LogP contribution in [-0.2, 0) is 9.53 Å². The molecule has 1 amide bonds. The van der Waals surface area contributed by atoms with E-state index in [9.17, 15) is 19.7 Å². The summed E-state index contributed by atoms with van der Waals surface area (Å²) in [6.07, 6.45) is -1.02. The van der Waals surface area contributed by atoms with Crippen LogP contribution in [0.2, 0.25) is 0 Å². The maximum Gasteiger partial charge on any atom is 0.338 e. The Bertz CT molecular complexity index is 859. The van der Waals surface area contributed by atoms with E-state index in [0.717, 1.165) is 5.56 Å². The molecule has 0 heterocycles. The molecule has 0 aliphatic carbocycles. The minimum atomic E-state index is -1.02. The van der Waals surface area contributed by atoms with Gasteiger partial charge >= 0.3 is 5.97 Å². The van der Waals surface area contributed by atoms with Gasteiger partial charge in [0.05, 0.1) is 10.5 Å². The molecule has 142 valence electrons. The first-order chi connectivity index (χ1) is 12.7. The minimum absolute atomic E-state index is 0.0813. The summed E-state index contributed by atoms with van der Waals surface area (Å²) >= 11 is 0. The summed E-state index contributed by atoms with van der Waals surface area (Å²) in [5, 5.41) is 13.5. The Labute approximate surface area is 157 Å². The highest BCUT2D eigenvalue weighted by atomic mass is 16.6. The van der Waals surface area contributed by atoms with Crippen LogP contribution in [0.3, 0.4) is 0 Å². The maximum atomic E-state index is 12.2.